The predicted octanol–water partition coefficient (Wildman–Crippen LogP) is 3.97. The van der Waals surface area contributed by atoms with E-state index in [4.69, 9.17) is 0 Å². The van der Waals surface area contributed by atoms with Crippen molar-refractivity contribution in [3.8, 4) is 11.1 Å². The lowest BCUT2D eigenvalue weighted by atomic mass is 9.70. The van der Waals surface area contributed by atoms with Crippen LogP contribution >= 0.6 is 0 Å². The monoisotopic (exact) mass is 417 g/mol. The summed E-state index contributed by atoms with van der Waals surface area (Å²) in [7, 11) is 0. The fraction of sp³-hybridized carbons (Fsp3) is 0.364. The van der Waals surface area contributed by atoms with Crippen LogP contribution in [0.1, 0.15) is 26.3 Å². The minimum absolute atomic E-state index is 0.138. The standard InChI is InChI=1S/C22H22F3N3O2/c1-11-9-28(13(3)29)10-12(2)22(11,30)20-16(23)6-14(7-17(20)24)15-4-5-26-21-19(15)18(25)8-27-21/h4-8,11-12,30H,9-10H2,1-3H3,(H,26,27)/t11-,12+,22?. The van der Waals surface area contributed by atoms with E-state index in [9.17, 15) is 14.3 Å². The van der Waals surface area contributed by atoms with Crippen molar-refractivity contribution in [2.45, 2.75) is 26.4 Å². The number of H-pyrrole nitrogens is 1. The summed E-state index contributed by atoms with van der Waals surface area (Å²) in [5, 5.41) is 11.5. The van der Waals surface area contributed by atoms with Gasteiger partial charge >= 0.3 is 0 Å². The molecular weight excluding hydrogens is 395 g/mol. The van der Waals surface area contributed by atoms with Crippen LogP contribution in [-0.4, -0.2) is 39.0 Å². The van der Waals surface area contributed by atoms with Crippen LogP contribution in [0.4, 0.5) is 13.2 Å². The number of aromatic amines is 1. The number of rotatable bonds is 2. The second-order valence-corrected chi connectivity index (χ2v) is 8.09. The molecule has 4 rings (SSSR count). The first kappa shape index (κ1) is 20.4. The molecule has 1 aliphatic rings. The van der Waals surface area contributed by atoms with Gasteiger partial charge in [-0.15, -0.1) is 0 Å². The van der Waals surface area contributed by atoms with E-state index >= 15 is 8.78 Å². The number of nitrogens with zero attached hydrogens (tertiary/aromatic N) is 2. The van der Waals surface area contributed by atoms with Gasteiger partial charge in [0.15, 0.2) is 5.82 Å². The zero-order chi connectivity index (χ0) is 21.8. The lowest BCUT2D eigenvalue weighted by Gasteiger charge is -2.48. The Bertz CT molecular complexity index is 1110. The van der Waals surface area contributed by atoms with Crippen molar-refractivity contribution in [3.63, 3.8) is 0 Å². The highest BCUT2D eigenvalue weighted by atomic mass is 19.1. The highest BCUT2D eigenvalue weighted by molar-refractivity contribution is 5.93. The van der Waals surface area contributed by atoms with Crippen LogP contribution in [-0.2, 0) is 10.4 Å². The molecule has 0 aliphatic carbocycles. The number of piperidine rings is 1. The summed E-state index contributed by atoms with van der Waals surface area (Å²) in [6.45, 7) is 5.14. The number of amides is 1. The summed E-state index contributed by atoms with van der Waals surface area (Å²) < 4.78 is 44.7. The van der Waals surface area contributed by atoms with Gasteiger partial charge in [-0.3, -0.25) is 4.79 Å². The molecule has 0 radical (unpaired) electrons. The number of nitrogens with one attached hydrogen (secondary N) is 1. The second kappa shape index (κ2) is 7.12. The van der Waals surface area contributed by atoms with Crippen molar-refractivity contribution >= 4 is 16.9 Å². The van der Waals surface area contributed by atoms with Crippen molar-refractivity contribution in [2.24, 2.45) is 11.8 Å². The van der Waals surface area contributed by atoms with E-state index in [2.05, 4.69) is 9.97 Å². The van der Waals surface area contributed by atoms with Crippen molar-refractivity contribution in [1.29, 1.82) is 0 Å². The van der Waals surface area contributed by atoms with Crippen molar-refractivity contribution < 1.29 is 23.1 Å². The Morgan fingerprint density at radius 1 is 1.17 bits per heavy atom. The maximum Gasteiger partial charge on any atom is 0.219 e. The highest BCUT2D eigenvalue weighted by Crippen LogP contribution is 2.44. The molecule has 0 saturated carbocycles. The van der Waals surface area contributed by atoms with Crippen LogP contribution in [0.15, 0.2) is 30.6 Å². The summed E-state index contributed by atoms with van der Waals surface area (Å²) in [5.74, 6) is -3.73. The van der Waals surface area contributed by atoms with Gasteiger partial charge in [0, 0.05) is 44.2 Å². The fourth-order valence-corrected chi connectivity index (χ4v) is 4.62. The molecule has 1 amide bonds. The van der Waals surface area contributed by atoms with Crippen LogP contribution in [0.2, 0.25) is 0 Å². The number of carbonyl (C=O) groups is 1. The number of aromatic nitrogens is 2. The Morgan fingerprint density at radius 3 is 2.33 bits per heavy atom. The Balaban J connectivity index is 1.82. The van der Waals surface area contributed by atoms with Gasteiger partial charge in [-0.25, -0.2) is 18.2 Å². The SMILES string of the molecule is CC(=O)N1C[C@@H](C)C(O)(c2c(F)cc(-c3ccnc4[nH]cc(F)c34)cc2F)[C@@H](C)C1. The number of pyridine rings is 1. The number of aliphatic hydroxyl groups is 1. The van der Waals surface area contributed by atoms with Gasteiger partial charge in [-0.1, -0.05) is 13.8 Å². The summed E-state index contributed by atoms with van der Waals surface area (Å²) in [6.07, 6.45) is 2.56. The minimum atomic E-state index is -1.79. The molecule has 158 valence electrons. The quantitative estimate of drug-likeness (QED) is 0.663. The van der Waals surface area contributed by atoms with Crippen LogP contribution in [0.5, 0.6) is 0 Å². The van der Waals surface area contributed by atoms with Gasteiger partial charge in [-0.05, 0) is 29.3 Å². The first-order chi connectivity index (χ1) is 14.1. The molecule has 1 aromatic carbocycles. The maximum absolute atomic E-state index is 15.3. The van der Waals surface area contributed by atoms with Crippen LogP contribution in [0.3, 0.4) is 0 Å². The fourth-order valence-electron chi connectivity index (χ4n) is 4.62. The molecule has 3 atom stereocenters. The zero-order valence-electron chi connectivity index (χ0n) is 16.8. The smallest absolute Gasteiger partial charge is 0.219 e. The molecule has 1 fully saturated rings. The van der Waals surface area contributed by atoms with Crippen LogP contribution in [0, 0.1) is 29.3 Å². The molecule has 1 saturated heterocycles. The van der Waals surface area contributed by atoms with Crippen LogP contribution in [0.25, 0.3) is 22.2 Å². The second-order valence-electron chi connectivity index (χ2n) is 8.09. The van der Waals surface area contributed by atoms with Crippen molar-refractivity contribution in [2.75, 3.05) is 13.1 Å². The molecule has 0 spiro atoms. The molecular formula is C22H22F3N3O2. The Labute approximate surface area is 171 Å². The van der Waals surface area contributed by atoms with E-state index in [0.29, 0.717) is 5.56 Å². The third-order valence-corrected chi connectivity index (χ3v) is 6.22. The summed E-state index contributed by atoms with van der Waals surface area (Å²) in [6, 6.07) is 3.70. The molecule has 30 heavy (non-hydrogen) atoms. The molecule has 1 aliphatic heterocycles. The third-order valence-electron chi connectivity index (χ3n) is 6.22. The number of hydrogen-bond donors (Lipinski definition) is 2. The first-order valence-electron chi connectivity index (χ1n) is 9.74. The number of fused-ring (bicyclic) bond motifs is 1. The van der Waals surface area contributed by atoms with E-state index in [-0.39, 0.29) is 35.6 Å². The zero-order valence-corrected chi connectivity index (χ0v) is 16.8. The summed E-state index contributed by atoms with van der Waals surface area (Å²) >= 11 is 0. The maximum atomic E-state index is 15.3. The van der Waals surface area contributed by atoms with E-state index in [1.807, 2.05) is 0 Å². The molecule has 2 aromatic heterocycles. The van der Waals surface area contributed by atoms with Gasteiger partial charge in [-0.2, -0.15) is 0 Å². The molecule has 0 bridgehead atoms. The average Bonchev–Trinajstić information content (AvgIpc) is 3.06. The van der Waals surface area contributed by atoms with Crippen molar-refractivity contribution in [3.05, 3.63) is 53.6 Å². The predicted molar refractivity (Wildman–Crippen MR) is 106 cm³/mol. The largest absolute Gasteiger partial charge is 0.384 e. The molecule has 1 unspecified atom stereocenters. The number of likely N-dealkylation sites (tertiary alicyclic amines) is 1. The summed E-state index contributed by atoms with van der Waals surface area (Å²) in [5.41, 5.74) is -1.50. The normalized spacial score (nSPS) is 24.4. The van der Waals surface area contributed by atoms with E-state index in [0.717, 1.165) is 18.3 Å². The molecule has 2 N–H and O–H groups in total. The van der Waals surface area contributed by atoms with Gasteiger partial charge in [0.25, 0.3) is 0 Å². The van der Waals surface area contributed by atoms with E-state index < -0.39 is 40.5 Å². The molecule has 3 heterocycles. The van der Waals surface area contributed by atoms with E-state index in [1.165, 1.54) is 19.2 Å². The molecule has 8 heteroatoms. The molecule has 5 nitrogen and oxygen atoms in total. The first-order valence-corrected chi connectivity index (χ1v) is 9.74. The topological polar surface area (TPSA) is 69.2 Å². The third kappa shape index (κ3) is 2.98. The van der Waals surface area contributed by atoms with Crippen molar-refractivity contribution in [1.82, 2.24) is 14.9 Å². The van der Waals surface area contributed by atoms with Gasteiger partial charge in [0.05, 0.1) is 10.9 Å². The Hall–Kier alpha value is -2.87. The highest BCUT2D eigenvalue weighted by Gasteiger charge is 2.49. The minimum Gasteiger partial charge on any atom is -0.384 e. The summed E-state index contributed by atoms with van der Waals surface area (Å²) in [4.78, 5) is 20.0. The lowest BCUT2D eigenvalue weighted by Crippen LogP contribution is -2.56. The number of halogens is 3. The average molecular weight is 417 g/mol. The van der Waals surface area contributed by atoms with Gasteiger partial charge in [0.2, 0.25) is 5.91 Å². The van der Waals surface area contributed by atoms with Crippen LogP contribution < -0.4 is 0 Å². The lowest BCUT2D eigenvalue weighted by molar-refractivity contribution is -0.147. The number of benzene rings is 1. The Kier molecular flexibility index (Phi) is 4.85. The number of hydrogen-bond acceptors (Lipinski definition) is 3. The van der Waals surface area contributed by atoms with Gasteiger partial charge in [0.1, 0.15) is 22.9 Å². The van der Waals surface area contributed by atoms with E-state index in [1.54, 1.807) is 18.7 Å². The Morgan fingerprint density at radius 2 is 1.77 bits per heavy atom. The van der Waals surface area contributed by atoms with Gasteiger partial charge < -0.3 is 15.0 Å². The molecule has 3 aromatic rings. The number of carbonyl (C=O) groups excluding carboxylic acids is 1.